The predicted octanol–water partition coefficient (Wildman–Crippen LogP) is 4.58. The molecule has 0 radical (unpaired) electrons. The third kappa shape index (κ3) is 2.47. The van der Waals surface area contributed by atoms with E-state index in [9.17, 15) is 0 Å². The fourth-order valence-electron chi connectivity index (χ4n) is 2.31. The van der Waals surface area contributed by atoms with E-state index in [0.29, 0.717) is 11.8 Å². The fraction of sp³-hybridized carbons (Fsp3) is 0.250. The average molecular weight is 303 g/mol. The highest BCUT2D eigenvalue weighted by molar-refractivity contribution is 6.22. The third-order valence-corrected chi connectivity index (χ3v) is 3.96. The van der Waals surface area contributed by atoms with E-state index >= 15 is 0 Å². The summed E-state index contributed by atoms with van der Waals surface area (Å²) < 4.78 is 11.3. The van der Waals surface area contributed by atoms with Crippen molar-refractivity contribution in [3.05, 3.63) is 58.9 Å². The van der Waals surface area contributed by atoms with Crippen LogP contribution in [0.4, 0.5) is 0 Å². The van der Waals surface area contributed by atoms with Crippen molar-refractivity contribution < 1.29 is 8.83 Å². The van der Waals surface area contributed by atoms with Crippen molar-refractivity contribution in [1.82, 2.24) is 10.2 Å². The molecule has 1 aromatic carbocycles. The van der Waals surface area contributed by atoms with Gasteiger partial charge in [0.25, 0.3) is 5.89 Å². The Balaban J connectivity index is 1.97. The van der Waals surface area contributed by atoms with Gasteiger partial charge in [-0.25, -0.2) is 0 Å². The molecule has 0 aliphatic heterocycles. The average Bonchev–Trinajstić information content (AvgIpc) is 3.05. The maximum atomic E-state index is 6.40. The quantitative estimate of drug-likeness (QED) is 0.664. The van der Waals surface area contributed by atoms with Gasteiger partial charge in [-0.3, -0.25) is 0 Å². The van der Waals surface area contributed by atoms with Crippen molar-refractivity contribution >= 4 is 11.6 Å². The van der Waals surface area contributed by atoms with Crippen molar-refractivity contribution in [2.24, 2.45) is 0 Å². The summed E-state index contributed by atoms with van der Waals surface area (Å²) in [7, 11) is 0. The molecule has 2 heterocycles. The molecule has 0 saturated carbocycles. The van der Waals surface area contributed by atoms with Crippen LogP contribution in [-0.2, 0) is 0 Å². The lowest BCUT2D eigenvalue weighted by Crippen LogP contribution is -1.92. The van der Waals surface area contributed by atoms with Crippen LogP contribution < -0.4 is 0 Å². The van der Waals surface area contributed by atoms with Gasteiger partial charge in [0, 0.05) is 5.56 Å². The van der Waals surface area contributed by atoms with Gasteiger partial charge in [-0.1, -0.05) is 30.3 Å². The summed E-state index contributed by atoms with van der Waals surface area (Å²) in [5.74, 6) is 2.45. The Morgan fingerprint density at radius 2 is 1.67 bits per heavy atom. The maximum Gasteiger partial charge on any atom is 0.251 e. The first-order valence-electron chi connectivity index (χ1n) is 6.67. The van der Waals surface area contributed by atoms with Gasteiger partial charge in [0.15, 0.2) is 0 Å². The Labute approximate surface area is 127 Å². The number of aromatic nitrogens is 2. The zero-order valence-electron chi connectivity index (χ0n) is 12.1. The molecule has 108 valence electrons. The summed E-state index contributed by atoms with van der Waals surface area (Å²) in [5.41, 5.74) is 2.78. The number of aryl methyl sites for hydroxylation is 2. The molecule has 1 unspecified atom stereocenters. The molecule has 0 amide bonds. The van der Waals surface area contributed by atoms with Gasteiger partial charge >= 0.3 is 0 Å². The van der Waals surface area contributed by atoms with E-state index < -0.39 is 5.38 Å². The van der Waals surface area contributed by atoms with E-state index in [4.69, 9.17) is 20.4 Å². The highest BCUT2D eigenvalue weighted by Crippen LogP contribution is 2.33. The van der Waals surface area contributed by atoms with E-state index in [1.54, 1.807) is 0 Å². The maximum absolute atomic E-state index is 6.40. The third-order valence-electron chi connectivity index (χ3n) is 3.52. The summed E-state index contributed by atoms with van der Waals surface area (Å²) in [6.07, 6.45) is 0. The standard InChI is InChI=1S/C16H15ClN2O2/c1-9-10(2)20-11(3)13(9)15-18-19-16(21-15)14(17)12-7-5-4-6-8-12/h4-8,14H,1-3H3. The van der Waals surface area contributed by atoms with Gasteiger partial charge in [-0.2, -0.15) is 0 Å². The summed E-state index contributed by atoms with van der Waals surface area (Å²) in [6.45, 7) is 5.77. The Hall–Kier alpha value is -2.07. The van der Waals surface area contributed by atoms with Crippen LogP contribution in [0.5, 0.6) is 0 Å². The van der Waals surface area contributed by atoms with Gasteiger partial charge in [-0.05, 0) is 26.3 Å². The topological polar surface area (TPSA) is 52.1 Å². The van der Waals surface area contributed by atoms with E-state index in [1.807, 2.05) is 51.1 Å². The van der Waals surface area contributed by atoms with Crippen molar-refractivity contribution in [3.63, 3.8) is 0 Å². The molecule has 3 aromatic rings. The minimum Gasteiger partial charge on any atom is -0.466 e. The number of halogens is 1. The number of benzene rings is 1. The summed E-state index contributed by atoms with van der Waals surface area (Å²) in [5, 5.41) is 7.72. The predicted molar refractivity (Wildman–Crippen MR) is 80.3 cm³/mol. The van der Waals surface area contributed by atoms with Crippen molar-refractivity contribution in [1.29, 1.82) is 0 Å². The Morgan fingerprint density at radius 3 is 2.29 bits per heavy atom. The first-order valence-corrected chi connectivity index (χ1v) is 7.11. The van der Waals surface area contributed by atoms with E-state index in [-0.39, 0.29) is 0 Å². The molecule has 0 spiro atoms. The first kappa shape index (κ1) is 13.9. The van der Waals surface area contributed by atoms with Gasteiger partial charge in [0.2, 0.25) is 5.89 Å². The molecular formula is C16H15ClN2O2. The number of furan rings is 1. The second-order valence-electron chi connectivity index (χ2n) is 4.93. The number of hydrogen-bond acceptors (Lipinski definition) is 4. The molecule has 0 aliphatic rings. The summed E-state index contributed by atoms with van der Waals surface area (Å²) >= 11 is 6.40. The van der Waals surface area contributed by atoms with Crippen LogP contribution >= 0.6 is 11.6 Å². The molecular weight excluding hydrogens is 288 g/mol. The zero-order valence-corrected chi connectivity index (χ0v) is 12.8. The lowest BCUT2D eigenvalue weighted by Gasteiger charge is -2.03. The van der Waals surface area contributed by atoms with Gasteiger partial charge < -0.3 is 8.83 Å². The SMILES string of the molecule is Cc1oc(C)c(-c2nnc(C(Cl)c3ccccc3)o2)c1C. The number of alkyl halides is 1. The van der Waals surface area contributed by atoms with Crippen LogP contribution in [0, 0.1) is 20.8 Å². The van der Waals surface area contributed by atoms with E-state index in [1.165, 1.54) is 0 Å². The normalized spacial score (nSPS) is 12.6. The van der Waals surface area contributed by atoms with Crippen LogP contribution in [0.1, 0.15) is 33.9 Å². The number of rotatable bonds is 3. The lowest BCUT2D eigenvalue weighted by molar-refractivity contribution is 0.495. The Morgan fingerprint density at radius 1 is 0.952 bits per heavy atom. The first-order chi connectivity index (χ1) is 10.1. The largest absolute Gasteiger partial charge is 0.466 e. The molecule has 1 atom stereocenters. The smallest absolute Gasteiger partial charge is 0.251 e. The van der Waals surface area contributed by atoms with Crippen LogP contribution in [0.25, 0.3) is 11.5 Å². The van der Waals surface area contributed by atoms with E-state index in [0.717, 1.165) is 28.2 Å². The van der Waals surface area contributed by atoms with E-state index in [2.05, 4.69) is 10.2 Å². The molecule has 0 fully saturated rings. The van der Waals surface area contributed by atoms with Crippen LogP contribution in [0.3, 0.4) is 0 Å². The van der Waals surface area contributed by atoms with Crippen LogP contribution in [0.15, 0.2) is 39.2 Å². The Bertz CT molecular complexity index is 762. The number of nitrogens with zero attached hydrogens (tertiary/aromatic N) is 2. The van der Waals surface area contributed by atoms with Crippen LogP contribution in [-0.4, -0.2) is 10.2 Å². The Kier molecular flexibility index (Phi) is 3.55. The van der Waals surface area contributed by atoms with Crippen molar-refractivity contribution in [2.75, 3.05) is 0 Å². The summed E-state index contributed by atoms with van der Waals surface area (Å²) in [6, 6.07) is 9.65. The minimum absolute atomic E-state index is 0.385. The molecule has 4 nitrogen and oxygen atoms in total. The second-order valence-corrected chi connectivity index (χ2v) is 5.37. The fourth-order valence-corrected chi connectivity index (χ4v) is 2.54. The molecule has 3 rings (SSSR count). The molecule has 0 bridgehead atoms. The molecule has 0 aliphatic carbocycles. The highest BCUT2D eigenvalue weighted by Gasteiger charge is 2.22. The lowest BCUT2D eigenvalue weighted by atomic mass is 10.1. The molecule has 5 heteroatoms. The van der Waals surface area contributed by atoms with Crippen molar-refractivity contribution in [2.45, 2.75) is 26.1 Å². The van der Waals surface area contributed by atoms with Gasteiger partial charge in [-0.15, -0.1) is 21.8 Å². The summed E-state index contributed by atoms with van der Waals surface area (Å²) in [4.78, 5) is 0. The molecule has 21 heavy (non-hydrogen) atoms. The second kappa shape index (κ2) is 5.37. The molecule has 2 aromatic heterocycles. The molecule has 0 saturated heterocycles. The van der Waals surface area contributed by atoms with Gasteiger partial charge in [0.1, 0.15) is 16.9 Å². The zero-order chi connectivity index (χ0) is 15.0. The molecule has 0 N–H and O–H groups in total. The van der Waals surface area contributed by atoms with Crippen LogP contribution in [0.2, 0.25) is 0 Å². The number of hydrogen-bond donors (Lipinski definition) is 0. The monoisotopic (exact) mass is 302 g/mol. The van der Waals surface area contributed by atoms with Crippen molar-refractivity contribution in [3.8, 4) is 11.5 Å². The van der Waals surface area contributed by atoms with Gasteiger partial charge in [0.05, 0.1) is 5.56 Å². The highest BCUT2D eigenvalue weighted by atomic mass is 35.5. The minimum atomic E-state index is -0.457.